The first-order valence-electron chi connectivity index (χ1n) is 6.60. The molecule has 0 saturated carbocycles. The molecule has 0 spiro atoms. The molecule has 1 N–H and O–H groups in total. The number of rotatable bonds is 4. The average molecular weight is 347 g/mol. The second-order valence-electron chi connectivity index (χ2n) is 4.58. The van der Waals surface area contributed by atoms with Crippen LogP contribution in [0.15, 0.2) is 51.8 Å². The zero-order chi connectivity index (χ0) is 13.9. The van der Waals surface area contributed by atoms with Gasteiger partial charge in [-0.15, -0.1) is 0 Å². The number of halogens is 1. The Bertz CT molecular complexity index is 718. The molecule has 1 unspecified atom stereocenters. The lowest BCUT2D eigenvalue weighted by atomic mass is 10.0. The van der Waals surface area contributed by atoms with E-state index in [1.165, 1.54) is 16.3 Å². The number of hydrogen-bond acceptors (Lipinski definition) is 3. The van der Waals surface area contributed by atoms with Gasteiger partial charge in [0.2, 0.25) is 0 Å². The first kappa shape index (κ1) is 13.7. The summed E-state index contributed by atoms with van der Waals surface area (Å²) in [5.74, 6) is 0. The maximum absolute atomic E-state index is 4.64. The third-order valence-electron chi connectivity index (χ3n) is 3.34. The molecule has 2 aromatic heterocycles. The number of benzene rings is 1. The van der Waals surface area contributed by atoms with E-state index in [0.717, 1.165) is 16.7 Å². The summed E-state index contributed by atoms with van der Waals surface area (Å²) in [6, 6.07) is 10.6. The van der Waals surface area contributed by atoms with Crippen molar-refractivity contribution in [2.24, 2.45) is 0 Å². The number of hydrogen-bond donors (Lipinski definition) is 1. The smallest absolute Gasteiger partial charge is 0.0776 e. The highest BCUT2D eigenvalue weighted by molar-refractivity contribution is 9.10. The molecule has 1 aromatic carbocycles. The molecule has 102 valence electrons. The average Bonchev–Trinajstić information content (AvgIpc) is 2.90. The minimum Gasteiger partial charge on any atom is -0.305 e. The van der Waals surface area contributed by atoms with Crippen molar-refractivity contribution in [3.63, 3.8) is 0 Å². The van der Waals surface area contributed by atoms with Gasteiger partial charge in [0.1, 0.15) is 0 Å². The molecule has 4 heteroatoms. The molecule has 2 heterocycles. The highest BCUT2D eigenvalue weighted by Gasteiger charge is 2.19. The summed E-state index contributed by atoms with van der Waals surface area (Å²) >= 11 is 5.35. The van der Waals surface area contributed by atoms with Crippen LogP contribution in [0.4, 0.5) is 0 Å². The first-order chi connectivity index (χ1) is 9.81. The van der Waals surface area contributed by atoms with E-state index < -0.39 is 0 Å². The second kappa shape index (κ2) is 6.04. The van der Waals surface area contributed by atoms with Crippen LogP contribution < -0.4 is 5.32 Å². The molecule has 0 bridgehead atoms. The Kier molecular flexibility index (Phi) is 4.15. The summed E-state index contributed by atoms with van der Waals surface area (Å²) in [6.07, 6.45) is 1.89. The summed E-state index contributed by atoms with van der Waals surface area (Å²) in [5.41, 5.74) is 2.34. The van der Waals surface area contributed by atoms with Gasteiger partial charge in [-0.2, -0.15) is 11.3 Å². The third-order valence-corrected chi connectivity index (χ3v) is 5.09. The lowest BCUT2D eigenvalue weighted by Crippen LogP contribution is -2.23. The summed E-state index contributed by atoms with van der Waals surface area (Å²) < 4.78 is 1.14. The summed E-state index contributed by atoms with van der Waals surface area (Å²) in [7, 11) is 0. The van der Waals surface area contributed by atoms with Crippen LogP contribution in [-0.4, -0.2) is 11.5 Å². The van der Waals surface area contributed by atoms with Crippen molar-refractivity contribution in [2.75, 3.05) is 6.54 Å². The topological polar surface area (TPSA) is 24.9 Å². The molecular formula is C16H15BrN2S. The Morgan fingerprint density at radius 3 is 2.85 bits per heavy atom. The maximum Gasteiger partial charge on any atom is 0.0776 e. The van der Waals surface area contributed by atoms with Gasteiger partial charge in [0.25, 0.3) is 0 Å². The van der Waals surface area contributed by atoms with Crippen molar-refractivity contribution in [3.8, 4) is 0 Å². The van der Waals surface area contributed by atoms with Crippen molar-refractivity contribution in [3.05, 3.63) is 63.0 Å². The van der Waals surface area contributed by atoms with Crippen LogP contribution in [-0.2, 0) is 0 Å². The molecule has 0 radical (unpaired) electrons. The van der Waals surface area contributed by atoms with E-state index in [1.54, 1.807) is 11.3 Å². The van der Waals surface area contributed by atoms with Crippen LogP contribution in [0.25, 0.3) is 10.8 Å². The lowest BCUT2D eigenvalue weighted by Gasteiger charge is -2.19. The second-order valence-corrected chi connectivity index (χ2v) is 6.18. The zero-order valence-corrected chi connectivity index (χ0v) is 13.5. The van der Waals surface area contributed by atoms with E-state index in [1.807, 2.05) is 6.20 Å². The van der Waals surface area contributed by atoms with E-state index in [2.05, 4.69) is 74.2 Å². The predicted octanol–water partition coefficient (Wildman–Crippen LogP) is 4.76. The highest BCUT2D eigenvalue weighted by Crippen LogP contribution is 2.33. The molecule has 2 nitrogen and oxygen atoms in total. The van der Waals surface area contributed by atoms with Gasteiger partial charge in [-0.3, -0.25) is 4.98 Å². The summed E-state index contributed by atoms with van der Waals surface area (Å²) in [6.45, 7) is 3.02. The number of nitrogens with one attached hydrogen (secondary N) is 1. The van der Waals surface area contributed by atoms with Gasteiger partial charge in [-0.25, -0.2) is 0 Å². The van der Waals surface area contributed by atoms with Gasteiger partial charge in [0, 0.05) is 27.0 Å². The Morgan fingerprint density at radius 1 is 1.25 bits per heavy atom. The van der Waals surface area contributed by atoms with Crippen LogP contribution >= 0.6 is 27.3 Å². The molecular weight excluding hydrogens is 332 g/mol. The standard InChI is InChI=1S/C16H15BrN2S/c1-2-18-16(13-9-20-10-14(13)17)15-12-6-4-3-5-11(12)7-8-19-15/h3-10,16,18H,2H2,1H3. The monoisotopic (exact) mass is 346 g/mol. The molecule has 0 aliphatic carbocycles. The molecule has 1 atom stereocenters. The molecule has 0 fully saturated rings. The lowest BCUT2D eigenvalue weighted by molar-refractivity contribution is 0.620. The first-order valence-corrected chi connectivity index (χ1v) is 8.33. The van der Waals surface area contributed by atoms with E-state index in [4.69, 9.17) is 0 Å². The number of thiophene rings is 1. The van der Waals surface area contributed by atoms with Crippen LogP contribution in [0.3, 0.4) is 0 Å². The molecule has 20 heavy (non-hydrogen) atoms. The van der Waals surface area contributed by atoms with Crippen molar-refractivity contribution in [1.29, 1.82) is 0 Å². The van der Waals surface area contributed by atoms with Crippen LogP contribution in [0.5, 0.6) is 0 Å². The van der Waals surface area contributed by atoms with Gasteiger partial charge in [0.15, 0.2) is 0 Å². The van der Waals surface area contributed by atoms with Crippen molar-refractivity contribution in [2.45, 2.75) is 13.0 Å². The maximum atomic E-state index is 4.64. The van der Waals surface area contributed by atoms with Crippen LogP contribution in [0.2, 0.25) is 0 Å². The molecule has 3 rings (SSSR count). The number of pyridine rings is 1. The van der Waals surface area contributed by atoms with Crippen molar-refractivity contribution < 1.29 is 0 Å². The molecule has 0 amide bonds. The van der Waals surface area contributed by atoms with E-state index >= 15 is 0 Å². The van der Waals surface area contributed by atoms with E-state index in [9.17, 15) is 0 Å². The highest BCUT2D eigenvalue weighted by atomic mass is 79.9. The largest absolute Gasteiger partial charge is 0.305 e. The summed E-state index contributed by atoms with van der Waals surface area (Å²) in [5, 5.41) is 10.3. The van der Waals surface area contributed by atoms with Crippen LogP contribution in [0, 0.1) is 0 Å². The summed E-state index contributed by atoms with van der Waals surface area (Å²) in [4.78, 5) is 4.64. The van der Waals surface area contributed by atoms with E-state index in [0.29, 0.717) is 0 Å². The Balaban J connectivity index is 2.17. The molecule has 0 aliphatic rings. The van der Waals surface area contributed by atoms with Gasteiger partial charge in [-0.05, 0) is 39.3 Å². The Hall–Kier alpha value is -1.23. The van der Waals surface area contributed by atoms with Crippen molar-refractivity contribution in [1.82, 2.24) is 10.3 Å². The quantitative estimate of drug-likeness (QED) is 0.736. The Morgan fingerprint density at radius 2 is 2.10 bits per heavy atom. The fourth-order valence-electron chi connectivity index (χ4n) is 2.43. The predicted molar refractivity (Wildman–Crippen MR) is 89.3 cm³/mol. The Labute approximate surface area is 131 Å². The molecule has 3 aromatic rings. The fraction of sp³-hybridized carbons (Fsp3) is 0.188. The van der Waals surface area contributed by atoms with Crippen LogP contribution in [0.1, 0.15) is 24.2 Å². The zero-order valence-electron chi connectivity index (χ0n) is 11.1. The van der Waals surface area contributed by atoms with Crippen molar-refractivity contribution >= 4 is 38.0 Å². The minimum absolute atomic E-state index is 0.117. The third kappa shape index (κ3) is 2.51. The fourth-order valence-corrected chi connectivity index (χ4v) is 3.98. The molecule has 0 aliphatic heterocycles. The van der Waals surface area contributed by atoms with Gasteiger partial charge in [0.05, 0.1) is 11.7 Å². The number of fused-ring (bicyclic) bond motifs is 1. The van der Waals surface area contributed by atoms with Gasteiger partial charge in [-0.1, -0.05) is 31.2 Å². The normalized spacial score (nSPS) is 12.7. The number of aromatic nitrogens is 1. The molecule has 0 saturated heterocycles. The minimum atomic E-state index is 0.117. The van der Waals surface area contributed by atoms with E-state index in [-0.39, 0.29) is 6.04 Å². The van der Waals surface area contributed by atoms with Gasteiger partial charge >= 0.3 is 0 Å². The number of nitrogens with zero attached hydrogens (tertiary/aromatic N) is 1. The SMILES string of the molecule is CCNC(c1cscc1Br)c1nccc2ccccc12. The van der Waals surface area contributed by atoms with Gasteiger partial charge < -0.3 is 5.32 Å².